The Morgan fingerprint density at radius 2 is 0.855 bits per heavy atom. The molecule has 4 fully saturated rings. The van der Waals surface area contributed by atoms with Crippen LogP contribution < -0.4 is 10.6 Å². The summed E-state index contributed by atoms with van der Waals surface area (Å²) in [6.45, 7) is -1.20. The van der Waals surface area contributed by atoms with E-state index in [4.69, 9.17) is 33.2 Å². The average Bonchev–Trinajstić information content (AvgIpc) is 3.18. The molecule has 0 aromatic carbocycles. The molecular weight excluding hydrogens is 1050 g/mol. The number of carboxylic acids is 2. The first-order valence-corrected chi connectivity index (χ1v) is 24.2. The number of carboxylic acid groups (broad SMARTS) is 2. The van der Waals surface area contributed by atoms with Crippen molar-refractivity contribution in [1.29, 1.82) is 0 Å². The summed E-state index contributed by atoms with van der Waals surface area (Å²) in [4.78, 5) is 49.6. The number of nitrogens with one attached hydrogen (secondary N) is 2. The number of hydrogen-bond acceptors (Lipinski definition) is 29. The van der Waals surface area contributed by atoms with Crippen LogP contribution in [0.5, 0.6) is 0 Å². The van der Waals surface area contributed by atoms with Gasteiger partial charge in [-0.1, -0.05) is 0 Å². The van der Waals surface area contributed by atoms with Crippen molar-refractivity contribution in [3.63, 3.8) is 0 Å². The van der Waals surface area contributed by atoms with Crippen LogP contribution in [0.25, 0.3) is 0 Å². The summed E-state index contributed by atoms with van der Waals surface area (Å²) in [5.41, 5.74) is 0. The first-order chi connectivity index (χ1) is 31.6. The minimum atomic E-state index is -5.96. The van der Waals surface area contributed by atoms with E-state index in [0.717, 1.165) is 6.92 Å². The highest BCUT2D eigenvalue weighted by Crippen LogP contribution is 2.37. The third-order valence-corrected chi connectivity index (χ3v) is 11.6. The molecule has 4 saturated heterocycles. The summed E-state index contributed by atoms with van der Waals surface area (Å²) in [7, 11) is -23.2. The fourth-order valence-electron chi connectivity index (χ4n) is 7.24. The van der Waals surface area contributed by atoms with Gasteiger partial charge in [-0.05, 0) is 0 Å². The minimum Gasteiger partial charge on any atom is -0.479 e. The molecule has 0 aromatic heterocycles. The monoisotopic (exact) mass is 1100 g/mol. The second-order valence-electron chi connectivity index (χ2n) is 14.7. The number of ether oxygens (including phenoxy) is 7. The van der Waals surface area contributed by atoms with Gasteiger partial charge in [-0.15, -0.1) is 0 Å². The molecule has 1 unspecified atom stereocenters. The molecule has 0 aliphatic carbocycles. The van der Waals surface area contributed by atoms with E-state index in [9.17, 15) is 112 Å². The number of rotatable bonds is 20. The van der Waals surface area contributed by atoms with Crippen LogP contribution in [-0.4, -0.2) is 252 Å². The Morgan fingerprint density at radius 3 is 1.30 bits per heavy atom. The predicted octanol–water partition coefficient (Wildman–Crippen LogP) is -9.97. The van der Waals surface area contributed by atoms with E-state index in [1.165, 1.54) is 0 Å². The number of amides is 2. The SMILES string of the molecule is CC(=O)N[C@H]1[C@H](O[C@H]2[C@H](O)[C@@H](O)[C@H](O[C@H]3[C@@H](OS(=O)(=O)O)[C@@H](CO)OC(O)[C@@H]3NC(C)=O)O[C@@H]2C(=O)O)O[C@H](CO)[C@H](OS(=O)(=O)O)[C@@H]1O[C@@H]1O[C@H](C(=O)O)[C@@H](O)[C@H](OS(=O)(=O)O)[C@H]1OS(=O)(=O)O. The lowest BCUT2D eigenvalue weighted by atomic mass is 9.94. The summed E-state index contributed by atoms with van der Waals surface area (Å²) >= 11 is 0. The molecular formula is C28H44N2O35S4. The summed E-state index contributed by atoms with van der Waals surface area (Å²) in [5, 5.41) is 88.1. The maximum atomic E-state index is 12.7. The van der Waals surface area contributed by atoms with Crippen molar-refractivity contribution in [1.82, 2.24) is 10.6 Å². The molecule has 0 bridgehead atoms. The maximum absolute atomic E-state index is 12.7. The van der Waals surface area contributed by atoms with E-state index in [-0.39, 0.29) is 0 Å². The molecule has 69 heavy (non-hydrogen) atoms. The number of carbonyl (C=O) groups excluding carboxylic acids is 2. The molecule has 4 aliphatic rings. The Hall–Kier alpha value is -3.16. The molecule has 0 aromatic rings. The Bertz CT molecular complexity index is 2300. The molecule has 20 atom stereocenters. The molecule has 0 spiro atoms. The smallest absolute Gasteiger partial charge is 0.397 e. The van der Waals surface area contributed by atoms with Crippen molar-refractivity contribution < 1.29 is 162 Å². The van der Waals surface area contributed by atoms with Crippen LogP contribution in [0.4, 0.5) is 0 Å². The molecule has 14 N–H and O–H groups in total. The topological polar surface area (TPSA) is 573 Å². The molecule has 4 aliphatic heterocycles. The van der Waals surface area contributed by atoms with Gasteiger partial charge in [0.2, 0.25) is 11.8 Å². The van der Waals surface area contributed by atoms with Gasteiger partial charge in [0.05, 0.1) is 13.2 Å². The van der Waals surface area contributed by atoms with Crippen LogP contribution in [0.1, 0.15) is 13.8 Å². The lowest BCUT2D eigenvalue weighted by Gasteiger charge is -2.50. The zero-order valence-corrected chi connectivity index (χ0v) is 37.6. The van der Waals surface area contributed by atoms with Gasteiger partial charge in [0.15, 0.2) is 43.5 Å². The first-order valence-electron chi connectivity index (χ1n) is 18.7. The standard InChI is InChI=1S/C28H44N2O35S4/c1-5(33)29-9-16(14(62-66(43,44)45)7(3-31)55-25(9)42)57-27-12(36)11(35)18(21(61-27)24(40)41)59-26-10(30-6(2)34)17(15(8(4-32)56-26)63-67(46,47)48)58-28-22(65-69(52,53)54)19(64-68(49,50)51)13(37)20(60-28)23(38)39/h7-22,25-28,31-32,35-37,42H,3-4H2,1-2H3,(H,29,33)(H,30,34)(H,38,39)(H,40,41)(H,43,44,45)(H,46,47,48)(H,49,50,51)(H,52,53,54)/t7-,8-,9-,10-,11-,12-,13+,14+,15+,16-,17-,18+,19+,20+,21+,22-,25?,26+,27-,28-/m1/s1. The van der Waals surface area contributed by atoms with Crippen LogP contribution in [-0.2, 0) is 111 Å². The van der Waals surface area contributed by atoms with Crippen molar-refractivity contribution in [2.24, 2.45) is 0 Å². The van der Waals surface area contributed by atoms with Gasteiger partial charge < -0.3 is 84.6 Å². The van der Waals surface area contributed by atoms with E-state index in [2.05, 4.69) is 22.0 Å². The first kappa shape index (κ1) is 58.4. The summed E-state index contributed by atoms with van der Waals surface area (Å²) in [6.07, 6.45) is -47.1. The van der Waals surface area contributed by atoms with Crippen LogP contribution in [0, 0.1) is 0 Å². The van der Waals surface area contributed by atoms with Gasteiger partial charge >= 0.3 is 53.5 Å². The van der Waals surface area contributed by atoms with Crippen molar-refractivity contribution in [2.45, 2.75) is 137 Å². The largest absolute Gasteiger partial charge is 0.479 e. The van der Waals surface area contributed by atoms with Crippen LogP contribution >= 0.6 is 0 Å². The number of aliphatic carboxylic acids is 2. The van der Waals surface area contributed by atoms with Crippen LogP contribution in [0.3, 0.4) is 0 Å². The minimum absolute atomic E-state index is 0.686. The van der Waals surface area contributed by atoms with Crippen molar-refractivity contribution >= 4 is 65.3 Å². The maximum Gasteiger partial charge on any atom is 0.397 e. The van der Waals surface area contributed by atoms with E-state index < -0.39 is 201 Å². The molecule has 0 radical (unpaired) electrons. The Labute approximate surface area is 386 Å². The summed E-state index contributed by atoms with van der Waals surface area (Å²) in [6, 6.07) is -4.44. The Morgan fingerprint density at radius 1 is 0.464 bits per heavy atom. The van der Waals surface area contributed by atoms with Crippen LogP contribution in [0.2, 0.25) is 0 Å². The normalized spacial score (nSPS) is 39.2. The van der Waals surface area contributed by atoms with E-state index in [0.29, 0.717) is 6.92 Å². The third kappa shape index (κ3) is 15.4. The fraction of sp³-hybridized carbons (Fsp3) is 0.857. The second kappa shape index (κ2) is 22.7. The molecule has 41 heteroatoms. The number of aliphatic hydroxyl groups excluding tert-OH is 6. The van der Waals surface area contributed by atoms with Crippen molar-refractivity contribution in [2.75, 3.05) is 13.2 Å². The van der Waals surface area contributed by atoms with Gasteiger partial charge in [0.1, 0.15) is 79.2 Å². The zero-order valence-electron chi connectivity index (χ0n) is 34.4. The lowest BCUT2D eigenvalue weighted by Crippen LogP contribution is -2.71. The average molecular weight is 1100 g/mol. The van der Waals surface area contributed by atoms with Crippen LogP contribution in [0.15, 0.2) is 0 Å². The van der Waals surface area contributed by atoms with Crippen molar-refractivity contribution in [3.05, 3.63) is 0 Å². The highest BCUT2D eigenvalue weighted by Gasteiger charge is 2.60. The number of carbonyl (C=O) groups is 4. The molecule has 4 heterocycles. The van der Waals surface area contributed by atoms with E-state index in [1.807, 2.05) is 5.32 Å². The highest BCUT2D eigenvalue weighted by molar-refractivity contribution is 7.81. The molecule has 0 saturated carbocycles. The van der Waals surface area contributed by atoms with Gasteiger partial charge in [-0.25, -0.2) is 26.3 Å². The molecule has 4 rings (SSSR count). The lowest BCUT2D eigenvalue weighted by molar-refractivity contribution is -0.365. The van der Waals surface area contributed by atoms with E-state index >= 15 is 0 Å². The van der Waals surface area contributed by atoms with Gasteiger partial charge in [-0.2, -0.15) is 33.7 Å². The second-order valence-corrected chi connectivity index (χ2v) is 18.9. The quantitative estimate of drug-likeness (QED) is 0.0504. The fourth-order valence-corrected chi connectivity index (χ4v) is 9.26. The highest BCUT2D eigenvalue weighted by atomic mass is 32.3. The van der Waals surface area contributed by atoms with Crippen molar-refractivity contribution in [3.8, 4) is 0 Å². The van der Waals surface area contributed by atoms with Gasteiger partial charge in [0, 0.05) is 13.8 Å². The third-order valence-electron chi connectivity index (χ3n) is 9.77. The zero-order chi connectivity index (χ0) is 52.5. The summed E-state index contributed by atoms with van der Waals surface area (Å²) in [5.74, 6) is -6.68. The Kier molecular flexibility index (Phi) is 19.2. The molecule has 2 amide bonds. The van der Waals surface area contributed by atoms with E-state index in [1.54, 1.807) is 0 Å². The van der Waals surface area contributed by atoms with Gasteiger partial charge in [-0.3, -0.25) is 27.8 Å². The Balaban J connectivity index is 1.82. The predicted molar refractivity (Wildman–Crippen MR) is 200 cm³/mol. The number of hydrogen-bond donors (Lipinski definition) is 14. The summed E-state index contributed by atoms with van der Waals surface area (Å²) < 4.78 is 188. The van der Waals surface area contributed by atoms with Gasteiger partial charge in [0.25, 0.3) is 0 Å². The molecule has 37 nitrogen and oxygen atoms in total. The number of aliphatic hydroxyl groups is 6. The molecule has 400 valence electrons.